The highest BCUT2D eigenvalue weighted by molar-refractivity contribution is 7.91. The fourth-order valence-corrected chi connectivity index (χ4v) is 4.61. The summed E-state index contributed by atoms with van der Waals surface area (Å²) in [4.78, 5) is 18.0. The lowest BCUT2D eigenvalue weighted by molar-refractivity contribution is -0.131. The molecule has 24 heavy (non-hydrogen) atoms. The molecule has 0 bridgehead atoms. The van der Waals surface area contributed by atoms with Crippen LogP contribution in [0.15, 0.2) is 40.9 Å². The number of carbonyl (C=O) groups excluding carboxylic acids is 1. The Morgan fingerprint density at radius 2 is 2.08 bits per heavy atom. The molecule has 1 unspecified atom stereocenters. The molecule has 0 saturated carbocycles. The summed E-state index contributed by atoms with van der Waals surface area (Å²) in [6.07, 6.45) is 2.82. The van der Waals surface area contributed by atoms with E-state index in [4.69, 9.17) is 4.42 Å². The van der Waals surface area contributed by atoms with E-state index in [-0.39, 0.29) is 29.9 Å². The molecule has 1 aliphatic rings. The average molecular weight is 348 g/mol. The number of aromatic nitrogens is 1. The van der Waals surface area contributed by atoms with Gasteiger partial charge in [-0.2, -0.15) is 0 Å². The Labute approximate surface area is 141 Å². The third-order valence-electron chi connectivity index (χ3n) is 4.31. The molecule has 0 aliphatic carbocycles. The molecule has 1 aromatic heterocycles. The molecule has 1 atom stereocenters. The molecule has 6 nitrogen and oxygen atoms in total. The number of carbonyl (C=O) groups is 1. The van der Waals surface area contributed by atoms with Crippen molar-refractivity contribution >= 4 is 15.7 Å². The van der Waals surface area contributed by atoms with Gasteiger partial charge in [0.05, 0.1) is 17.7 Å². The van der Waals surface area contributed by atoms with Crippen LogP contribution < -0.4 is 0 Å². The second-order valence-corrected chi connectivity index (χ2v) is 8.27. The number of nitrogens with zero attached hydrogens (tertiary/aromatic N) is 2. The quantitative estimate of drug-likeness (QED) is 0.825. The molecule has 2 aromatic rings. The van der Waals surface area contributed by atoms with Gasteiger partial charge in [0.25, 0.3) is 0 Å². The van der Waals surface area contributed by atoms with Crippen molar-refractivity contribution in [2.75, 3.05) is 18.6 Å². The predicted molar refractivity (Wildman–Crippen MR) is 90.1 cm³/mol. The zero-order chi connectivity index (χ0) is 17.2. The van der Waals surface area contributed by atoms with Crippen LogP contribution in [0.1, 0.15) is 18.7 Å². The van der Waals surface area contributed by atoms with E-state index in [9.17, 15) is 13.2 Å². The van der Waals surface area contributed by atoms with E-state index in [0.717, 1.165) is 5.56 Å². The van der Waals surface area contributed by atoms with E-state index in [2.05, 4.69) is 4.98 Å². The third kappa shape index (κ3) is 3.84. The molecule has 1 saturated heterocycles. The summed E-state index contributed by atoms with van der Waals surface area (Å²) in [7, 11) is -1.33. The maximum absolute atomic E-state index is 12.3. The maximum atomic E-state index is 12.3. The number of benzene rings is 1. The van der Waals surface area contributed by atoms with Gasteiger partial charge in [0.1, 0.15) is 0 Å². The number of hydrogen-bond acceptors (Lipinski definition) is 5. The monoisotopic (exact) mass is 348 g/mol. The smallest absolute Gasteiger partial charge is 0.223 e. The van der Waals surface area contributed by atoms with Crippen molar-refractivity contribution in [1.29, 1.82) is 0 Å². The SMILES string of the molecule is CN(C(=O)CCc1ncc(-c2ccccc2)o1)C1CCS(=O)(=O)C1. The fourth-order valence-electron chi connectivity index (χ4n) is 2.84. The summed E-state index contributed by atoms with van der Waals surface area (Å²) in [6, 6.07) is 9.43. The van der Waals surface area contributed by atoms with Gasteiger partial charge < -0.3 is 9.32 Å². The maximum Gasteiger partial charge on any atom is 0.223 e. The standard InChI is InChI=1S/C17H20N2O4S/c1-19(14-9-10-24(21,22)12-14)17(20)8-7-16-18-11-15(23-16)13-5-3-2-4-6-13/h2-6,11,14H,7-10,12H2,1H3. The molecule has 0 radical (unpaired) electrons. The van der Waals surface area contributed by atoms with Crippen molar-refractivity contribution in [2.24, 2.45) is 0 Å². The Morgan fingerprint density at radius 1 is 1.33 bits per heavy atom. The van der Waals surface area contributed by atoms with Gasteiger partial charge in [0, 0.05) is 31.5 Å². The first-order chi connectivity index (χ1) is 11.4. The van der Waals surface area contributed by atoms with Crippen molar-refractivity contribution < 1.29 is 17.6 Å². The zero-order valence-electron chi connectivity index (χ0n) is 13.5. The van der Waals surface area contributed by atoms with Crippen LogP contribution in [0.2, 0.25) is 0 Å². The number of hydrogen-bond donors (Lipinski definition) is 0. The molecule has 0 spiro atoms. The van der Waals surface area contributed by atoms with Crippen LogP contribution >= 0.6 is 0 Å². The van der Waals surface area contributed by atoms with E-state index in [1.165, 1.54) is 0 Å². The molecular formula is C17H20N2O4S. The predicted octanol–water partition coefficient (Wildman–Crippen LogP) is 1.92. The van der Waals surface area contributed by atoms with Crippen LogP contribution in [0.5, 0.6) is 0 Å². The highest BCUT2D eigenvalue weighted by Crippen LogP contribution is 2.21. The van der Waals surface area contributed by atoms with Gasteiger partial charge in [-0.1, -0.05) is 30.3 Å². The fraction of sp³-hybridized carbons (Fsp3) is 0.412. The molecule has 1 aliphatic heterocycles. The lowest BCUT2D eigenvalue weighted by Gasteiger charge is -2.23. The van der Waals surface area contributed by atoms with E-state index >= 15 is 0 Å². The van der Waals surface area contributed by atoms with Crippen LogP contribution in [-0.2, 0) is 21.1 Å². The van der Waals surface area contributed by atoms with Crippen molar-refractivity contribution in [3.8, 4) is 11.3 Å². The lowest BCUT2D eigenvalue weighted by atomic mass is 10.2. The highest BCUT2D eigenvalue weighted by Gasteiger charge is 2.32. The second kappa shape index (κ2) is 6.76. The molecule has 2 heterocycles. The first kappa shape index (κ1) is 16.7. The van der Waals surface area contributed by atoms with Gasteiger partial charge in [-0.05, 0) is 6.42 Å². The van der Waals surface area contributed by atoms with Gasteiger partial charge >= 0.3 is 0 Å². The number of aryl methyl sites for hydroxylation is 1. The number of rotatable bonds is 5. The molecular weight excluding hydrogens is 328 g/mol. The van der Waals surface area contributed by atoms with Crippen LogP contribution in [-0.4, -0.2) is 48.8 Å². The lowest BCUT2D eigenvalue weighted by Crippen LogP contribution is -2.37. The van der Waals surface area contributed by atoms with Crippen LogP contribution in [0, 0.1) is 0 Å². The summed E-state index contributed by atoms with van der Waals surface area (Å²) in [5.41, 5.74) is 0.941. The Kier molecular flexibility index (Phi) is 4.71. The van der Waals surface area contributed by atoms with E-state index < -0.39 is 9.84 Å². The zero-order valence-corrected chi connectivity index (χ0v) is 14.3. The number of sulfone groups is 1. The largest absolute Gasteiger partial charge is 0.441 e. The Bertz CT molecular complexity index is 814. The van der Waals surface area contributed by atoms with Crippen LogP contribution in [0.4, 0.5) is 0 Å². The third-order valence-corrected chi connectivity index (χ3v) is 6.06. The van der Waals surface area contributed by atoms with Crippen LogP contribution in [0.3, 0.4) is 0 Å². The van der Waals surface area contributed by atoms with Crippen molar-refractivity contribution in [3.63, 3.8) is 0 Å². The van der Waals surface area contributed by atoms with Gasteiger partial charge in [0.2, 0.25) is 5.91 Å². The number of oxazole rings is 1. The van der Waals surface area contributed by atoms with Gasteiger partial charge in [-0.25, -0.2) is 13.4 Å². The Hall–Kier alpha value is -2.15. The first-order valence-electron chi connectivity index (χ1n) is 7.91. The van der Waals surface area contributed by atoms with Crippen molar-refractivity contribution in [1.82, 2.24) is 9.88 Å². The van der Waals surface area contributed by atoms with E-state index in [1.54, 1.807) is 18.1 Å². The molecule has 1 aromatic carbocycles. The summed E-state index contributed by atoms with van der Waals surface area (Å²) in [5, 5.41) is 0. The van der Waals surface area contributed by atoms with Crippen molar-refractivity contribution in [3.05, 3.63) is 42.4 Å². The van der Waals surface area contributed by atoms with Gasteiger partial charge in [0.15, 0.2) is 21.5 Å². The number of amides is 1. The highest BCUT2D eigenvalue weighted by atomic mass is 32.2. The van der Waals surface area contributed by atoms with E-state index in [0.29, 0.717) is 24.5 Å². The average Bonchev–Trinajstić information content (AvgIpc) is 3.19. The first-order valence-corrected chi connectivity index (χ1v) is 9.73. The Morgan fingerprint density at radius 3 is 2.75 bits per heavy atom. The summed E-state index contributed by atoms with van der Waals surface area (Å²) in [6.45, 7) is 0. The topological polar surface area (TPSA) is 80.5 Å². The Balaban J connectivity index is 1.56. The summed E-state index contributed by atoms with van der Waals surface area (Å²) in [5.74, 6) is 1.32. The minimum Gasteiger partial charge on any atom is -0.441 e. The minimum atomic E-state index is -2.99. The molecule has 0 N–H and O–H groups in total. The summed E-state index contributed by atoms with van der Waals surface area (Å²) < 4.78 is 28.7. The van der Waals surface area contributed by atoms with Gasteiger partial charge in [-0.15, -0.1) is 0 Å². The molecule has 3 rings (SSSR count). The van der Waals surface area contributed by atoms with Gasteiger partial charge in [-0.3, -0.25) is 4.79 Å². The normalized spacial score (nSPS) is 19.3. The van der Waals surface area contributed by atoms with Crippen molar-refractivity contribution in [2.45, 2.75) is 25.3 Å². The molecule has 7 heteroatoms. The second-order valence-electron chi connectivity index (χ2n) is 6.05. The minimum absolute atomic E-state index is 0.0619. The molecule has 1 fully saturated rings. The van der Waals surface area contributed by atoms with E-state index in [1.807, 2.05) is 30.3 Å². The molecule has 1 amide bonds. The summed E-state index contributed by atoms with van der Waals surface area (Å²) >= 11 is 0. The molecule has 128 valence electrons. The van der Waals surface area contributed by atoms with Crippen LogP contribution in [0.25, 0.3) is 11.3 Å².